The van der Waals surface area contributed by atoms with Crippen LogP contribution < -0.4 is 15.5 Å². The Bertz CT molecular complexity index is 1910. The van der Waals surface area contributed by atoms with Crippen LogP contribution >= 0.6 is 7.82 Å². The van der Waals surface area contributed by atoms with Crippen LogP contribution in [-0.2, 0) is 50.6 Å². The smallest absolute Gasteiger partial charge is 0.472 e. The minimum absolute atomic E-state index is 0.00306. The van der Waals surface area contributed by atoms with Gasteiger partial charge in [0, 0.05) is 49.1 Å². The lowest BCUT2D eigenvalue weighted by Crippen LogP contribution is -2.40. The highest BCUT2D eigenvalue weighted by Gasteiger charge is 2.39. The summed E-state index contributed by atoms with van der Waals surface area (Å²) in [5, 5.41) is 24.8. The van der Waals surface area contributed by atoms with E-state index in [0.29, 0.717) is 56.6 Å². The van der Waals surface area contributed by atoms with E-state index in [0.717, 1.165) is 35.2 Å². The number of unbranched alkanes of at least 4 members (excludes halogenated alkanes) is 3. The van der Waals surface area contributed by atoms with Gasteiger partial charge in [-0.15, -0.1) is 5.10 Å². The Labute approximate surface area is 347 Å². The summed E-state index contributed by atoms with van der Waals surface area (Å²) in [5.74, 6) is -1.31. The molecule has 0 bridgehead atoms. The molecule has 0 spiro atoms. The highest BCUT2D eigenvalue weighted by molar-refractivity contribution is 7.47. The quantitative estimate of drug-likeness (QED) is 0.0576. The molecule has 1 aromatic heterocycles. The van der Waals surface area contributed by atoms with Crippen LogP contribution in [0.25, 0.3) is 22.5 Å². The number of aliphatic carboxylic acids is 1. The number of nitrogens with one attached hydrogen (secondary N) is 2. The fourth-order valence-corrected chi connectivity index (χ4v) is 8.40. The van der Waals surface area contributed by atoms with Gasteiger partial charge in [0.05, 0.1) is 43.3 Å². The van der Waals surface area contributed by atoms with Crippen LogP contribution in [-0.4, -0.2) is 107 Å². The lowest BCUT2D eigenvalue weighted by molar-refractivity contribution is -0.140. The van der Waals surface area contributed by atoms with Gasteiger partial charge in [0.1, 0.15) is 25.7 Å². The van der Waals surface area contributed by atoms with Crippen LogP contribution in [0.5, 0.6) is 0 Å². The topological polar surface area (TPSA) is 204 Å². The van der Waals surface area contributed by atoms with Crippen LogP contribution in [0.4, 0.5) is 5.69 Å². The number of hydrogen-bond donors (Lipinski definition) is 4. The number of aromatic nitrogens is 3. The molecule has 3 aromatic rings. The summed E-state index contributed by atoms with van der Waals surface area (Å²) in [6.07, 6.45) is 3.24. The number of carboxylic acid groups (broad SMARTS) is 1. The van der Waals surface area contributed by atoms with E-state index in [-0.39, 0.29) is 62.6 Å². The van der Waals surface area contributed by atoms with Crippen molar-refractivity contribution in [2.24, 2.45) is 0 Å². The van der Waals surface area contributed by atoms with Crippen molar-refractivity contribution in [2.75, 3.05) is 24.7 Å². The van der Waals surface area contributed by atoms with Crippen LogP contribution in [0.15, 0.2) is 48.5 Å². The minimum atomic E-state index is -4.27. The fourth-order valence-electron chi connectivity index (χ4n) is 7.42. The number of hydrogen-bond acceptors (Lipinski definition) is 11. The summed E-state index contributed by atoms with van der Waals surface area (Å²) < 4.78 is 36.5. The van der Waals surface area contributed by atoms with Gasteiger partial charge in [0.2, 0.25) is 11.8 Å². The van der Waals surface area contributed by atoms with Gasteiger partial charge < -0.3 is 35.0 Å². The van der Waals surface area contributed by atoms with E-state index in [1.807, 2.05) is 88.8 Å². The van der Waals surface area contributed by atoms with Gasteiger partial charge in [-0.1, -0.05) is 74.4 Å². The predicted molar refractivity (Wildman–Crippen MR) is 225 cm³/mol. The molecule has 0 radical (unpaired) electrons. The van der Waals surface area contributed by atoms with Crippen molar-refractivity contribution >= 4 is 39.1 Å². The first-order valence-corrected chi connectivity index (χ1v) is 22.3. The molecule has 4 N–H and O–H groups in total. The average Bonchev–Trinajstić information content (AvgIpc) is 3.76. The number of amides is 2. The largest absolute Gasteiger partial charge is 0.480 e. The molecule has 0 aliphatic carbocycles. The molecular weight excluding hydrogens is 778 g/mol. The molecule has 3 unspecified atom stereocenters. The second kappa shape index (κ2) is 22.1. The number of phosphoric acid groups is 1. The summed E-state index contributed by atoms with van der Waals surface area (Å²) in [6, 6.07) is 14.6. The number of benzene rings is 2. The zero-order valence-electron chi connectivity index (χ0n) is 34.9. The van der Waals surface area contributed by atoms with Gasteiger partial charge in [-0.3, -0.25) is 23.4 Å². The van der Waals surface area contributed by atoms with E-state index in [1.165, 1.54) is 0 Å². The summed E-state index contributed by atoms with van der Waals surface area (Å²) in [6.45, 7) is 9.18. The molecule has 59 heavy (non-hydrogen) atoms. The normalized spacial score (nSPS) is 19.0. The molecule has 16 nitrogen and oxygen atoms in total. The predicted octanol–water partition coefficient (Wildman–Crippen LogP) is 4.82. The first kappa shape index (κ1) is 46.1. The monoisotopic (exact) mass is 838 g/mol. The number of phosphoric ester groups is 1. The van der Waals surface area contributed by atoms with Crippen LogP contribution in [0, 0.1) is 0 Å². The summed E-state index contributed by atoms with van der Waals surface area (Å²) in [5.41, 5.74) is 4.62. The molecule has 5 atom stereocenters. The standard InChI is InChI=1S/C41H60BN6O10P/c1-27(2)44-32(41(51)52)17-13-22-48-40-30-15-8-7-14-29(30)25-47(33-18-10-9-16-31(33)39(40)45-46-48)38(50)20-19-37(49)43-21-11-5-6-12-23-56-59(53,54)58-34-24-36(42)57-35(34)26-55-28(3)4/h7-10,14-16,18,27-28,32,34-36,44H,5-6,11-13,17,19-26,42H2,1-4H3,(H,43,49)(H,51,52)(H,53,54)/t32?,34?,35-,36-/m1/s1. The maximum absolute atomic E-state index is 13.9. The Morgan fingerprint density at radius 2 is 1.73 bits per heavy atom. The van der Waals surface area contributed by atoms with Gasteiger partial charge in [-0.2, -0.15) is 0 Å². The lowest BCUT2D eigenvalue weighted by atomic mass is 9.95. The molecule has 2 amide bonds. The SMILES string of the molecule is B[C@H]1CC(OP(=O)(O)OCCCCCCNC(=O)CCC(=O)N2Cc3ccccc3-c3c(nnn3CCCC(NC(C)C)C(=O)O)-c3ccccc32)[C@@H](COC(C)C)O1. The van der Waals surface area contributed by atoms with Crippen molar-refractivity contribution in [1.82, 2.24) is 25.6 Å². The third-order valence-electron chi connectivity index (χ3n) is 10.2. The Morgan fingerprint density at radius 1 is 1.00 bits per heavy atom. The van der Waals surface area contributed by atoms with Gasteiger partial charge in [-0.05, 0) is 57.6 Å². The van der Waals surface area contributed by atoms with E-state index in [1.54, 1.807) is 4.90 Å². The summed E-state index contributed by atoms with van der Waals surface area (Å²) in [4.78, 5) is 50.6. The van der Waals surface area contributed by atoms with Crippen molar-refractivity contribution in [1.29, 1.82) is 0 Å². The number of para-hydroxylation sites is 1. The van der Waals surface area contributed by atoms with E-state index in [4.69, 9.17) is 18.5 Å². The lowest BCUT2D eigenvalue weighted by Gasteiger charge is -2.28. The Kier molecular flexibility index (Phi) is 17.2. The zero-order valence-corrected chi connectivity index (χ0v) is 35.8. The maximum atomic E-state index is 13.9. The number of nitrogens with zero attached hydrogens (tertiary/aromatic N) is 4. The van der Waals surface area contributed by atoms with E-state index in [9.17, 15) is 28.9 Å². The van der Waals surface area contributed by atoms with Crippen molar-refractivity contribution in [2.45, 2.75) is 135 Å². The molecule has 18 heteroatoms. The van der Waals surface area contributed by atoms with E-state index in [2.05, 4.69) is 20.9 Å². The van der Waals surface area contributed by atoms with Gasteiger partial charge in [0.15, 0.2) is 0 Å². The number of anilines is 1. The van der Waals surface area contributed by atoms with Gasteiger partial charge >= 0.3 is 13.8 Å². The van der Waals surface area contributed by atoms with Crippen molar-refractivity contribution < 1.29 is 47.5 Å². The van der Waals surface area contributed by atoms with Crippen LogP contribution in [0.3, 0.4) is 0 Å². The molecule has 0 saturated carbocycles. The van der Waals surface area contributed by atoms with Crippen molar-refractivity contribution in [3.8, 4) is 22.5 Å². The number of carbonyl (C=O) groups is 3. The fraction of sp³-hybridized carbons (Fsp3) is 0.585. The molecule has 1 saturated heterocycles. The first-order valence-electron chi connectivity index (χ1n) is 20.8. The summed E-state index contributed by atoms with van der Waals surface area (Å²) in [7, 11) is -2.38. The number of carbonyl (C=O) groups excluding carboxylic acids is 2. The first-order chi connectivity index (χ1) is 28.2. The maximum Gasteiger partial charge on any atom is 0.472 e. The second-order valence-corrected chi connectivity index (χ2v) is 17.2. The average molecular weight is 839 g/mol. The molecule has 1 fully saturated rings. The highest BCUT2D eigenvalue weighted by atomic mass is 31.2. The molecule has 322 valence electrons. The third-order valence-corrected chi connectivity index (χ3v) is 11.3. The van der Waals surface area contributed by atoms with Gasteiger partial charge in [-0.25, -0.2) is 9.25 Å². The Hall–Kier alpha value is -3.96. The second-order valence-electron chi connectivity index (χ2n) is 15.8. The Morgan fingerprint density at radius 3 is 2.47 bits per heavy atom. The molecule has 5 rings (SSSR count). The molecule has 3 heterocycles. The Balaban J connectivity index is 1.08. The summed E-state index contributed by atoms with van der Waals surface area (Å²) >= 11 is 0. The molecule has 2 aromatic carbocycles. The zero-order chi connectivity index (χ0) is 42.5. The van der Waals surface area contributed by atoms with E-state index >= 15 is 0 Å². The van der Waals surface area contributed by atoms with E-state index < -0.39 is 32.0 Å². The molecule has 2 aliphatic rings. The van der Waals surface area contributed by atoms with Crippen LogP contribution in [0.2, 0.25) is 0 Å². The number of fused-ring (bicyclic) bond motifs is 5. The number of ether oxygens (including phenoxy) is 2. The highest BCUT2D eigenvalue weighted by Crippen LogP contribution is 2.47. The number of carboxylic acids is 1. The number of rotatable bonds is 23. The molecular formula is C41H60BN6O10P. The van der Waals surface area contributed by atoms with Crippen molar-refractivity contribution in [3.63, 3.8) is 0 Å². The molecule has 2 aliphatic heterocycles. The minimum Gasteiger partial charge on any atom is -0.480 e. The number of aryl methyl sites for hydroxylation is 1. The third kappa shape index (κ3) is 13.5. The van der Waals surface area contributed by atoms with Crippen molar-refractivity contribution in [3.05, 3.63) is 54.1 Å². The van der Waals surface area contributed by atoms with Crippen LogP contribution in [0.1, 0.15) is 91.0 Å². The van der Waals surface area contributed by atoms with Gasteiger partial charge in [0.25, 0.3) is 0 Å².